The van der Waals surface area contributed by atoms with Crippen LogP contribution < -0.4 is 4.74 Å². The topological polar surface area (TPSA) is 92.9 Å². The molecule has 0 aliphatic heterocycles. The molecule has 108 valence electrons. The van der Waals surface area contributed by atoms with Crippen molar-refractivity contribution in [1.29, 1.82) is 0 Å². The van der Waals surface area contributed by atoms with Crippen LogP contribution in [0.2, 0.25) is 0 Å². The van der Waals surface area contributed by atoms with Gasteiger partial charge in [-0.15, -0.1) is 0 Å². The third-order valence-electron chi connectivity index (χ3n) is 3.28. The molecule has 1 aromatic rings. The Bertz CT molecular complexity index is 527. The monoisotopic (exact) mass is 280 g/mol. The number of hydrogen-bond acceptors (Lipinski definition) is 5. The molecule has 1 aliphatic rings. The smallest absolute Gasteiger partial charge is 0.339 e. The number of non-ortho nitro benzene ring substituents is 1. The molecule has 0 unspecified atom stereocenters. The van der Waals surface area contributed by atoms with Crippen molar-refractivity contribution >= 4 is 11.7 Å². The number of ether oxygens (including phenoxy) is 1. The summed E-state index contributed by atoms with van der Waals surface area (Å²) in [6, 6.07) is 4.20. The Labute approximate surface area is 115 Å². The van der Waals surface area contributed by atoms with Crippen molar-refractivity contribution in [3.63, 3.8) is 0 Å². The molecule has 0 atom stereocenters. The van der Waals surface area contributed by atoms with Crippen molar-refractivity contribution < 1.29 is 19.6 Å². The van der Waals surface area contributed by atoms with E-state index >= 15 is 0 Å². The summed E-state index contributed by atoms with van der Waals surface area (Å²) in [5, 5.41) is 19.7. The minimum atomic E-state index is -1.24. The lowest BCUT2D eigenvalue weighted by atomic mass is 10.2. The maximum atomic E-state index is 11.1. The predicted octanol–water partition coefficient (Wildman–Crippen LogP) is 1.77. The molecule has 2 rings (SSSR count). The average Bonchev–Trinajstić information content (AvgIpc) is 3.22. The zero-order chi connectivity index (χ0) is 14.7. The highest BCUT2D eigenvalue weighted by atomic mass is 16.6. The summed E-state index contributed by atoms with van der Waals surface area (Å²) < 4.78 is 5.44. The van der Waals surface area contributed by atoms with Gasteiger partial charge in [0.05, 0.1) is 4.92 Å². The quantitative estimate of drug-likeness (QED) is 0.604. The molecule has 1 fully saturated rings. The van der Waals surface area contributed by atoms with E-state index in [4.69, 9.17) is 9.84 Å². The van der Waals surface area contributed by atoms with Crippen molar-refractivity contribution in [2.24, 2.45) is 0 Å². The minimum Gasteiger partial charge on any atom is -0.491 e. The van der Waals surface area contributed by atoms with E-state index in [9.17, 15) is 14.9 Å². The second-order valence-electron chi connectivity index (χ2n) is 4.80. The summed E-state index contributed by atoms with van der Waals surface area (Å²) in [6.45, 7) is 1.05. The molecule has 0 spiro atoms. The summed E-state index contributed by atoms with van der Waals surface area (Å²) in [6.07, 6.45) is 2.38. The molecule has 0 bridgehead atoms. The number of aromatic carboxylic acids is 1. The number of rotatable bonds is 7. The predicted molar refractivity (Wildman–Crippen MR) is 71.2 cm³/mol. The van der Waals surface area contributed by atoms with E-state index in [1.807, 2.05) is 7.05 Å². The molecule has 0 radical (unpaired) electrons. The van der Waals surface area contributed by atoms with Gasteiger partial charge in [0.2, 0.25) is 0 Å². The molecule has 0 saturated heterocycles. The fourth-order valence-electron chi connectivity index (χ4n) is 1.92. The van der Waals surface area contributed by atoms with Crippen molar-refractivity contribution in [2.45, 2.75) is 18.9 Å². The van der Waals surface area contributed by atoms with Crippen LogP contribution in [0.5, 0.6) is 5.75 Å². The molecule has 7 heteroatoms. The summed E-state index contributed by atoms with van der Waals surface area (Å²) in [4.78, 5) is 23.3. The van der Waals surface area contributed by atoms with E-state index in [0.29, 0.717) is 19.2 Å². The van der Waals surface area contributed by atoms with Crippen LogP contribution in [-0.2, 0) is 0 Å². The van der Waals surface area contributed by atoms with Crippen LogP contribution in [0.25, 0.3) is 0 Å². The molecule has 0 heterocycles. The standard InChI is InChI=1S/C13H16N2O5/c1-14(9-2-3-9)6-7-20-12-5-4-10(15(18)19)8-11(12)13(16)17/h4-5,8-9H,2-3,6-7H2,1H3,(H,16,17). The summed E-state index contributed by atoms with van der Waals surface area (Å²) in [5.74, 6) is -1.08. The first-order chi connectivity index (χ1) is 9.49. The van der Waals surface area contributed by atoms with Gasteiger partial charge in [-0.05, 0) is 26.0 Å². The third-order valence-corrected chi connectivity index (χ3v) is 3.28. The highest BCUT2D eigenvalue weighted by Crippen LogP contribution is 2.26. The van der Waals surface area contributed by atoms with Crippen LogP contribution >= 0.6 is 0 Å². The Morgan fingerprint density at radius 3 is 2.80 bits per heavy atom. The molecule has 0 amide bonds. The van der Waals surface area contributed by atoms with Gasteiger partial charge in [0, 0.05) is 24.7 Å². The van der Waals surface area contributed by atoms with Gasteiger partial charge in [0.1, 0.15) is 17.9 Å². The van der Waals surface area contributed by atoms with E-state index < -0.39 is 10.9 Å². The number of carboxylic acids is 1. The Morgan fingerprint density at radius 1 is 1.55 bits per heavy atom. The van der Waals surface area contributed by atoms with Gasteiger partial charge in [-0.3, -0.25) is 10.1 Å². The van der Waals surface area contributed by atoms with E-state index in [1.165, 1.54) is 25.0 Å². The van der Waals surface area contributed by atoms with Gasteiger partial charge >= 0.3 is 5.97 Å². The summed E-state index contributed by atoms with van der Waals surface area (Å²) in [7, 11) is 2.00. The van der Waals surface area contributed by atoms with Crippen LogP contribution in [0, 0.1) is 10.1 Å². The number of carbonyl (C=O) groups is 1. The fourth-order valence-corrected chi connectivity index (χ4v) is 1.92. The van der Waals surface area contributed by atoms with E-state index in [1.54, 1.807) is 0 Å². The van der Waals surface area contributed by atoms with Crippen molar-refractivity contribution in [1.82, 2.24) is 4.90 Å². The second kappa shape index (κ2) is 5.87. The normalized spacial score (nSPS) is 14.3. The van der Waals surface area contributed by atoms with Gasteiger partial charge < -0.3 is 14.7 Å². The highest BCUT2D eigenvalue weighted by Gasteiger charge is 2.25. The van der Waals surface area contributed by atoms with Crippen LogP contribution in [0.3, 0.4) is 0 Å². The molecule has 7 nitrogen and oxygen atoms in total. The largest absolute Gasteiger partial charge is 0.491 e. The Kier molecular flexibility index (Phi) is 4.19. The van der Waals surface area contributed by atoms with Crippen molar-refractivity contribution in [3.8, 4) is 5.75 Å². The van der Waals surface area contributed by atoms with Gasteiger partial charge in [-0.2, -0.15) is 0 Å². The number of benzene rings is 1. The molecule has 0 aromatic heterocycles. The molecular formula is C13H16N2O5. The molecular weight excluding hydrogens is 264 g/mol. The lowest BCUT2D eigenvalue weighted by Gasteiger charge is -2.16. The number of hydrogen-bond donors (Lipinski definition) is 1. The van der Waals surface area contributed by atoms with Gasteiger partial charge in [-0.1, -0.05) is 0 Å². The Morgan fingerprint density at radius 2 is 2.25 bits per heavy atom. The first-order valence-electron chi connectivity index (χ1n) is 6.34. The maximum absolute atomic E-state index is 11.1. The maximum Gasteiger partial charge on any atom is 0.339 e. The van der Waals surface area contributed by atoms with Crippen LogP contribution in [0.15, 0.2) is 18.2 Å². The zero-order valence-electron chi connectivity index (χ0n) is 11.1. The molecule has 1 aromatic carbocycles. The van der Waals surface area contributed by atoms with E-state index in [0.717, 1.165) is 6.07 Å². The molecule has 20 heavy (non-hydrogen) atoms. The Balaban J connectivity index is 2.02. The minimum absolute atomic E-state index is 0.160. The number of nitro benzene ring substituents is 1. The summed E-state index contributed by atoms with van der Waals surface area (Å²) >= 11 is 0. The highest BCUT2D eigenvalue weighted by molar-refractivity contribution is 5.91. The van der Waals surface area contributed by atoms with E-state index in [-0.39, 0.29) is 17.0 Å². The number of nitrogens with zero attached hydrogens (tertiary/aromatic N) is 2. The number of carboxylic acid groups (broad SMARTS) is 1. The van der Waals surface area contributed by atoms with Crippen LogP contribution in [0.1, 0.15) is 23.2 Å². The molecule has 1 saturated carbocycles. The SMILES string of the molecule is CN(CCOc1ccc([N+](=O)[O-])cc1C(=O)O)C1CC1. The van der Waals surface area contributed by atoms with E-state index in [2.05, 4.69) is 4.90 Å². The number of nitro groups is 1. The first-order valence-corrected chi connectivity index (χ1v) is 6.34. The van der Waals surface area contributed by atoms with Gasteiger partial charge in [-0.25, -0.2) is 4.79 Å². The lowest BCUT2D eigenvalue weighted by Crippen LogP contribution is -2.26. The third kappa shape index (κ3) is 3.45. The second-order valence-corrected chi connectivity index (χ2v) is 4.80. The lowest BCUT2D eigenvalue weighted by molar-refractivity contribution is -0.384. The molecule has 1 aliphatic carbocycles. The summed E-state index contributed by atoms with van der Waals surface area (Å²) in [5.41, 5.74) is -0.446. The van der Waals surface area contributed by atoms with Gasteiger partial charge in [0.15, 0.2) is 0 Å². The Hall–Kier alpha value is -2.15. The van der Waals surface area contributed by atoms with Gasteiger partial charge in [0.25, 0.3) is 5.69 Å². The molecule has 1 N–H and O–H groups in total. The average molecular weight is 280 g/mol. The number of likely N-dealkylation sites (N-methyl/N-ethyl adjacent to an activating group) is 1. The van der Waals surface area contributed by atoms with Crippen molar-refractivity contribution in [2.75, 3.05) is 20.2 Å². The van der Waals surface area contributed by atoms with Crippen molar-refractivity contribution in [3.05, 3.63) is 33.9 Å². The fraction of sp³-hybridized carbons (Fsp3) is 0.462. The first kappa shape index (κ1) is 14.3. The van der Waals surface area contributed by atoms with Crippen LogP contribution in [0.4, 0.5) is 5.69 Å². The van der Waals surface area contributed by atoms with Crippen LogP contribution in [-0.4, -0.2) is 47.1 Å². The zero-order valence-corrected chi connectivity index (χ0v) is 11.1.